The second-order valence-electron chi connectivity index (χ2n) is 9.22. The summed E-state index contributed by atoms with van der Waals surface area (Å²) < 4.78 is 27.3. The fraction of sp³-hybridized carbons (Fsp3) is 0.440. The van der Waals surface area contributed by atoms with Crippen molar-refractivity contribution in [1.29, 1.82) is 0 Å². The van der Waals surface area contributed by atoms with E-state index in [4.69, 9.17) is 0 Å². The average molecular weight is 442 g/mol. The van der Waals surface area contributed by atoms with Crippen LogP contribution in [0.15, 0.2) is 30.3 Å². The molecule has 0 saturated carbocycles. The van der Waals surface area contributed by atoms with Crippen LogP contribution < -0.4 is 10.6 Å². The molecule has 7 heteroatoms. The predicted octanol–water partition coefficient (Wildman–Crippen LogP) is 4.15. The molecule has 170 valence electrons. The fourth-order valence-electron chi connectivity index (χ4n) is 5.07. The number of halogens is 2. The maximum Gasteiger partial charge on any atom is 0.255 e. The number of carbonyl (C=O) groups is 2. The molecule has 2 N–H and O–H groups in total. The molecule has 4 rings (SSSR count). The molecule has 2 amide bonds. The second-order valence-corrected chi connectivity index (χ2v) is 9.22. The third-order valence-corrected chi connectivity index (χ3v) is 6.93. The van der Waals surface area contributed by atoms with Crippen LogP contribution in [0.5, 0.6) is 0 Å². The van der Waals surface area contributed by atoms with E-state index >= 15 is 0 Å². The maximum absolute atomic E-state index is 13.7. The molecule has 0 spiro atoms. The van der Waals surface area contributed by atoms with Gasteiger partial charge >= 0.3 is 0 Å². The van der Waals surface area contributed by atoms with Gasteiger partial charge in [0, 0.05) is 43.0 Å². The number of likely N-dealkylation sites (tertiary alicyclic amines) is 1. The highest BCUT2D eigenvalue weighted by molar-refractivity contribution is 6.04. The fourth-order valence-corrected chi connectivity index (χ4v) is 5.07. The first-order chi connectivity index (χ1) is 15.2. The number of rotatable bonds is 3. The molecule has 0 aromatic heterocycles. The predicted molar refractivity (Wildman–Crippen MR) is 120 cm³/mol. The monoisotopic (exact) mass is 441 g/mol. The number of piperidine rings is 2. The van der Waals surface area contributed by atoms with Gasteiger partial charge in [-0.2, -0.15) is 0 Å². The molecule has 0 radical (unpaired) electrons. The average Bonchev–Trinajstić information content (AvgIpc) is 2.75. The second kappa shape index (κ2) is 8.62. The van der Waals surface area contributed by atoms with Crippen molar-refractivity contribution >= 4 is 17.5 Å². The van der Waals surface area contributed by atoms with Crippen LogP contribution in [0.3, 0.4) is 0 Å². The Kier molecular flexibility index (Phi) is 6.03. The van der Waals surface area contributed by atoms with Gasteiger partial charge in [-0.05, 0) is 74.4 Å². The number of amides is 2. The van der Waals surface area contributed by atoms with Crippen LogP contribution in [0.1, 0.15) is 52.7 Å². The van der Waals surface area contributed by atoms with Gasteiger partial charge in [-0.1, -0.05) is 6.07 Å². The number of hydrogen-bond acceptors (Lipinski definition) is 3. The highest BCUT2D eigenvalue weighted by atomic mass is 19.2. The number of fused-ring (bicyclic) bond motifs is 1. The summed E-state index contributed by atoms with van der Waals surface area (Å²) in [4.78, 5) is 28.0. The van der Waals surface area contributed by atoms with E-state index in [2.05, 4.69) is 17.6 Å². The molecule has 4 atom stereocenters. The minimum Gasteiger partial charge on any atom is -0.342 e. The van der Waals surface area contributed by atoms with Crippen molar-refractivity contribution in [1.82, 2.24) is 10.2 Å². The molecule has 2 fully saturated rings. The molecule has 2 aliphatic rings. The summed E-state index contributed by atoms with van der Waals surface area (Å²) in [7, 11) is 1.88. The third-order valence-electron chi connectivity index (χ3n) is 6.93. The van der Waals surface area contributed by atoms with E-state index in [1.165, 1.54) is 13.0 Å². The van der Waals surface area contributed by atoms with Crippen molar-refractivity contribution in [3.8, 4) is 0 Å². The molecule has 0 bridgehead atoms. The number of aryl methyl sites for hydroxylation is 2. The molecule has 2 heterocycles. The summed E-state index contributed by atoms with van der Waals surface area (Å²) >= 11 is 0. The van der Waals surface area contributed by atoms with Crippen LogP contribution in [0.2, 0.25) is 0 Å². The van der Waals surface area contributed by atoms with E-state index in [-0.39, 0.29) is 29.1 Å². The Bertz CT molecular complexity index is 1050. The molecular formula is C25H29F2N3O2. The number of nitrogens with one attached hydrogen (secondary N) is 2. The topological polar surface area (TPSA) is 61.4 Å². The minimum absolute atomic E-state index is 0.0808. The lowest BCUT2D eigenvalue weighted by molar-refractivity contribution is -0.140. The summed E-state index contributed by atoms with van der Waals surface area (Å²) in [6.07, 6.45) is 1.68. The quantitative estimate of drug-likeness (QED) is 0.753. The number of anilines is 1. The Morgan fingerprint density at radius 2 is 1.88 bits per heavy atom. The molecule has 4 unspecified atom stereocenters. The summed E-state index contributed by atoms with van der Waals surface area (Å²) in [5.41, 5.74) is 2.47. The van der Waals surface area contributed by atoms with E-state index in [0.717, 1.165) is 36.6 Å². The third kappa shape index (κ3) is 4.13. The summed E-state index contributed by atoms with van der Waals surface area (Å²) in [5, 5.41) is 6.15. The van der Waals surface area contributed by atoms with Gasteiger partial charge in [0.15, 0.2) is 11.6 Å². The molecule has 0 aliphatic carbocycles. The van der Waals surface area contributed by atoms with Crippen molar-refractivity contribution in [2.45, 2.75) is 51.6 Å². The standard InChI is InChI=1S/C25H29F2N3O2/c1-13-5-6-16(24(31)29-18-7-14(2)23(27)21(26)11-18)9-19(13)20-10-17-12-28-15(3)8-22(17)30(4)25(20)32/h5-7,9,11,15,17,20,22,28H,8,10,12H2,1-4H3,(H,29,31). The smallest absolute Gasteiger partial charge is 0.255 e. The van der Waals surface area contributed by atoms with Gasteiger partial charge in [-0.25, -0.2) is 8.78 Å². The van der Waals surface area contributed by atoms with Crippen molar-refractivity contribution in [3.05, 3.63) is 64.2 Å². The van der Waals surface area contributed by atoms with Gasteiger partial charge in [-0.15, -0.1) is 0 Å². The molecule has 32 heavy (non-hydrogen) atoms. The van der Waals surface area contributed by atoms with Crippen LogP contribution in [0, 0.1) is 31.4 Å². The van der Waals surface area contributed by atoms with Gasteiger partial charge in [0.05, 0.1) is 5.92 Å². The largest absolute Gasteiger partial charge is 0.342 e. The Hall–Kier alpha value is -2.80. The lowest BCUT2D eigenvalue weighted by Crippen LogP contribution is -2.57. The van der Waals surface area contributed by atoms with Crippen LogP contribution in [0.4, 0.5) is 14.5 Å². The van der Waals surface area contributed by atoms with Crippen LogP contribution in [-0.2, 0) is 4.79 Å². The summed E-state index contributed by atoms with van der Waals surface area (Å²) in [6.45, 7) is 6.39. The summed E-state index contributed by atoms with van der Waals surface area (Å²) in [6, 6.07) is 8.25. The van der Waals surface area contributed by atoms with E-state index < -0.39 is 17.5 Å². The van der Waals surface area contributed by atoms with Crippen LogP contribution in [-0.4, -0.2) is 42.4 Å². The van der Waals surface area contributed by atoms with Gasteiger partial charge < -0.3 is 15.5 Å². The zero-order valence-electron chi connectivity index (χ0n) is 18.8. The van der Waals surface area contributed by atoms with Gasteiger partial charge in [0.1, 0.15) is 0 Å². The molecule has 2 aliphatic heterocycles. The van der Waals surface area contributed by atoms with Gasteiger partial charge in [-0.3, -0.25) is 9.59 Å². The molecular weight excluding hydrogens is 412 g/mol. The van der Waals surface area contributed by atoms with Crippen molar-refractivity contribution in [3.63, 3.8) is 0 Å². The highest BCUT2D eigenvalue weighted by Crippen LogP contribution is 2.38. The minimum atomic E-state index is -1.01. The Labute approximate surface area is 187 Å². The number of benzene rings is 2. The highest BCUT2D eigenvalue weighted by Gasteiger charge is 2.43. The van der Waals surface area contributed by atoms with E-state index in [1.807, 2.05) is 24.9 Å². The van der Waals surface area contributed by atoms with Gasteiger partial charge in [0.25, 0.3) is 5.91 Å². The van der Waals surface area contributed by atoms with E-state index in [1.54, 1.807) is 12.1 Å². The summed E-state index contributed by atoms with van der Waals surface area (Å²) in [5.74, 6) is -2.23. The maximum atomic E-state index is 13.7. The number of hydrogen-bond donors (Lipinski definition) is 2. The van der Waals surface area contributed by atoms with E-state index in [0.29, 0.717) is 17.5 Å². The number of likely N-dealkylation sites (N-methyl/N-ethyl adjacent to an activating group) is 1. The SMILES string of the molecule is Cc1ccc(C(=O)Nc2cc(C)c(F)c(F)c2)cc1C1CC2CNC(C)CC2N(C)C1=O. The van der Waals surface area contributed by atoms with Crippen molar-refractivity contribution < 1.29 is 18.4 Å². The first-order valence-corrected chi connectivity index (χ1v) is 11.0. The Balaban J connectivity index is 1.59. The number of carbonyl (C=O) groups excluding carboxylic acids is 2. The number of nitrogens with zero attached hydrogens (tertiary/aromatic N) is 1. The molecule has 2 aromatic carbocycles. The first kappa shape index (κ1) is 22.4. The van der Waals surface area contributed by atoms with Crippen molar-refractivity contribution in [2.75, 3.05) is 18.9 Å². The zero-order valence-corrected chi connectivity index (χ0v) is 18.8. The lowest BCUT2D eigenvalue weighted by Gasteiger charge is -2.47. The molecule has 2 saturated heterocycles. The lowest BCUT2D eigenvalue weighted by atomic mass is 9.75. The van der Waals surface area contributed by atoms with Crippen LogP contribution >= 0.6 is 0 Å². The zero-order chi connectivity index (χ0) is 23.2. The van der Waals surface area contributed by atoms with E-state index in [9.17, 15) is 18.4 Å². The first-order valence-electron chi connectivity index (χ1n) is 11.0. The Morgan fingerprint density at radius 1 is 1.12 bits per heavy atom. The van der Waals surface area contributed by atoms with Crippen molar-refractivity contribution in [2.24, 2.45) is 5.92 Å². The van der Waals surface area contributed by atoms with Crippen LogP contribution in [0.25, 0.3) is 0 Å². The normalized spacial score (nSPS) is 25.4. The Morgan fingerprint density at radius 3 is 2.59 bits per heavy atom. The molecule has 5 nitrogen and oxygen atoms in total. The molecule has 2 aromatic rings. The van der Waals surface area contributed by atoms with Gasteiger partial charge in [0.2, 0.25) is 5.91 Å².